The number of aromatic nitrogens is 1. The van der Waals surface area contributed by atoms with Crippen molar-refractivity contribution in [1.29, 1.82) is 0 Å². The Balaban J connectivity index is 1.93. The maximum absolute atomic E-state index is 5.36. The molecule has 0 saturated heterocycles. The molecular formula is C14H20N2OS. The minimum absolute atomic E-state index is 0.126. The lowest BCUT2D eigenvalue weighted by atomic mass is 9.93. The van der Waals surface area contributed by atoms with Crippen LogP contribution in [0.15, 0.2) is 28.2 Å². The van der Waals surface area contributed by atoms with Gasteiger partial charge in [-0.25, -0.2) is 4.98 Å². The van der Waals surface area contributed by atoms with Gasteiger partial charge in [-0.2, -0.15) is 0 Å². The van der Waals surface area contributed by atoms with Crippen molar-refractivity contribution in [2.75, 3.05) is 0 Å². The number of rotatable bonds is 4. The van der Waals surface area contributed by atoms with E-state index in [1.165, 1.54) is 0 Å². The fourth-order valence-electron chi connectivity index (χ4n) is 1.62. The third-order valence-corrected chi connectivity index (χ3v) is 3.70. The normalized spacial score (nSPS) is 13.8. The molecule has 98 valence electrons. The average Bonchev–Trinajstić information content (AvgIpc) is 2.96. The van der Waals surface area contributed by atoms with Crippen LogP contribution in [0.1, 0.15) is 50.2 Å². The van der Waals surface area contributed by atoms with E-state index in [1.807, 2.05) is 12.1 Å². The Morgan fingerprint density at radius 3 is 2.78 bits per heavy atom. The van der Waals surface area contributed by atoms with E-state index in [2.05, 4.69) is 43.4 Å². The number of furan rings is 1. The zero-order valence-corrected chi connectivity index (χ0v) is 12.2. The molecule has 0 spiro atoms. The molecule has 0 unspecified atom stereocenters. The standard InChI is InChI=1S/C14H20N2OS/c1-10(11-6-5-7-17-11)15-8-13-16-12(9-18-13)14(2,3)4/h5-7,9-10,15H,8H2,1-4H3/t10-/m1/s1. The lowest BCUT2D eigenvalue weighted by Crippen LogP contribution is -2.18. The van der Waals surface area contributed by atoms with Crippen LogP contribution in [0.5, 0.6) is 0 Å². The predicted molar refractivity (Wildman–Crippen MR) is 74.8 cm³/mol. The van der Waals surface area contributed by atoms with Crippen LogP contribution < -0.4 is 5.32 Å². The summed E-state index contributed by atoms with van der Waals surface area (Å²) in [5.41, 5.74) is 1.29. The Hall–Kier alpha value is -1.13. The van der Waals surface area contributed by atoms with Gasteiger partial charge in [-0.15, -0.1) is 11.3 Å². The lowest BCUT2D eigenvalue weighted by molar-refractivity contribution is 0.429. The van der Waals surface area contributed by atoms with Crippen LogP contribution in [-0.2, 0) is 12.0 Å². The third-order valence-electron chi connectivity index (χ3n) is 2.85. The largest absolute Gasteiger partial charge is 0.468 e. The topological polar surface area (TPSA) is 38.1 Å². The molecule has 2 aromatic rings. The van der Waals surface area contributed by atoms with Gasteiger partial charge in [-0.05, 0) is 19.1 Å². The first-order valence-electron chi connectivity index (χ1n) is 6.18. The van der Waals surface area contributed by atoms with E-state index in [9.17, 15) is 0 Å². The number of thiazole rings is 1. The van der Waals surface area contributed by atoms with Crippen molar-refractivity contribution in [3.05, 3.63) is 40.2 Å². The molecule has 0 aliphatic rings. The molecule has 1 N–H and O–H groups in total. The van der Waals surface area contributed by atoms with Crippen LogP contribution in [0.25, 0.3) is 0 Å². The summed E-state index contributed by atoms with van der Waals surface area (Å²) in [6.07, 6.45) is 1.70. The minimum Gasteiger partial charge on any atom is -0.468 e. The SMILES string of the molecule is C[C@@H](NCc1nc(C(C)(C)C)cs1)c1ccco1. The van der Waals surface area contributed by atoms with E-state index in [0.717, 1.165) is 23.0 Å². The summed E-state index contributed by atoms with van der Waals surface area (Å²) in [5.74, 6) is 0.961. The Bertz CT molecular complexity index is 482. The molecule has 0 fully saturated rings. The highest BCUT2D eigenvalue weighted by Crippen LogP contribution is 2.24. The molecule has 1 atom stereocenters. The fourth-order valence-corrected chi connectivity index (χ4v) is 2.59. The maximum atomic E-state index is 5.36. The summed E-state index contributed by atoms with van der Waals surface area (Å²) in [5, 5.41) is 6.69. The van der Waals surface area contributed by atoms with Crippen LogP contribution in [-0.4, -0.2) is 4.98 Å². The highest BCUT2D eigenvalue weighted by molar-refractivity contribution is 7.09. The van der Waals surface area contributed by atoms with Crippen molar-refractivity contribution in [2.45, 2.75) is 45.7 Å². The Labute approximate surface area is 112 Å². The van der Waals surface area contributed by atoms with Crippen molar-refractivity contribution < 1.29 is 4.42 Å². The van der Waals surface area contributed by atoms with E-state index in [0.29, 0.717) is 0 Å². The van der Waals surface area contributed by atoms with Gasteiger partial charge >= 0.3 is 0 Å². The van der Waals surface area contributed by atoms with Gasteiger partial charge in [0, 0.05) is 17.3 Å². The molecular weight excluding hydrogens is 244 g/mol. The van der Waals surface area contributed by atoms with Gasteiger partial charge < -0.3 is 9.73 Å². The Morgan fingerprint density at radius 2 is 2.22 bits per heavy atom. The summed E-state index contributed by atoms with van der Waals surface area (Å²) >= 11 is 1.71. The van der Waals surface area contributed by atoms with Crippen LogP contribution in [0.4, 0.5) is 0 Å². The predicted octanol–water partition coefficient (Wildman–Crippen LogP) is 3.88. The summed E-state index contributed by atoms with van der Waals surface area (Å²) in [4.78, 5) is 4.66. The number of hydrogen-bond acceptors (Lipinski definition) is 4. The molecule has 0 radical (unpaired) electrons. The first-order chi connectivity index (χ1) is 8.47. The third kappa shape index (κ3) is 3.21. The summed E-state index contributed by atoms with van der Waals surface area (Å²) in [6.45, 7) is 9.43. The van der Waals surface area contributed by atoms with Gasteiger partial charge in [0.2, 0.25) is 0 Å². The van der Waals surface area contributed by atoms with Crippen molar-refractivity contribution >= 4 is 11.3 Å². The highest BCUT2D eigenvalue weighted by Gasteiger charge is 2.17. The quantitative estimate of drug-likeness (QED) is 0.910. The second-order valence-electron chi connectivity index (χ2n) is 5.49. The molecule has 0 aliphatic carbocycles. The average molecular weight is 264 g/mol. The van der Waals surface area contributed by atoms with E-state index in [1.54, 1.807) is 17.6 Å². The van der Waals surface area contributed by atoms with E-state index < -0.39 is 0 Å². The van der Waals surface area contributed by atoms with E-state index in [4.69, 9.17) is 4.42 Å². The molecule has 2 aromatic heterocycles. The van der Waals surface area contributed by atoms with Crippen LogP contribution in [0, 0.1) is 0 Å². The summed E-state index contributed by atoms with van der Waals surface area (Å²) in [7, 11) is 0. The van der Waals surface area contributed by atoms with Gasteiger partial charge in [-0.1, -0.05) is 20.8 Å². The van der Waals surface area contributed by atoms with Crippen molar-refractivity contribution in [3.63, 3.8) is 0 Å². The molecule has 0 bridgehead atoms. The van der Waals surface area contributed by atoms with Gasteiger partial charge in [0.05, 0.1) is 18.0 Å². The van der Waals surface area contributed by atoms with Crippen LogP contribution >= 0.6 is 11.3 Å². The molecule has 0 aromatic carbocycles. The van der Waals surface area contributed by atoms with E-state index >= 15 is 0 Å². The second-order valence-corrected chi connectivity index (χ2v) is 6.44. The number of nitrogens with one attached hydrogen (secondary N) is 1. The number of nitrogens with zero attached hydrogens (tertiary/aromatic N) is 1. The molecule has 0 amide bonds. The minimum atomic E-state index is 0.126. The fraction of sp³-hybridized carbons (Fsp3) is 0.500. The van der Waals surface area contributed by atoms with Crippen molar-refractivity contribution in [3.8, 4) is 0 Å². The van der Waals surface area contributed by atoms with Crippen molar-refractivity contribution in [2.24, 2.45) is 0 Å². The molecule has 2 rings (SSSR count). The summed E-state index contributed by atoms with van der Waals surface area (Å²) < 4.78 is 5.36. The van der Waals surface area contributed by atoms with E-state index in [-0.39, 0.29) is 11.5 Å². The monoisotopic (exact) mass is 264 g/mol. The van der Waals surface area contributed by atoms with Crippen LogP contribution in [0.2, 0.25) is 0 Å². The first kappa shape index (κ1) is 13.3. The zero-order valence-electron chi connectivity index (χ0n) is 11.4. The molecule has 0 saturated carbocycles. The molecule has 18 heavy (non-hydrogen) atoms. The van der Waals surface area contributed by atoms with Gasteiger partial charge in [0.15, 0.2) is 0 Å². The maximum Gasteiger partial charge on any atom is 0.120 e. The van der Waals surface area contributed by atoms with Crippen molar-refractivity contribution in [1.82, 2.24) is 10.3 Å². The zero-order chi connectivity index (χ0) is 13.2. The molecule has 3 nitrogen and oxygen atoms in total. The smallest absolute Gasteiger partial charge is 0.120 e. The number of hydrogen-bond donors (Lipinski definition) is 1. The van der Waals surface area contributed by atoms with Gasteiger partial charge in [0.1, 0.15) is 10.8 Å². The second kappa shape index (κ2) is 5.24. The van der Waals surface area contributed by atoms with Gasteiger partial charge in [0.25, 0.3) is 0 Å². The summed E-state index contributed by atoms with van der Waals surface area (Å²) in [6, 6.07) is 4.11. The molecule has 4 heteroatoms. The van der Waals surface area contributed by atoms with Crippen LogP contribution in [0.3, 0.4) is 0 Å². The first-order valence-corrected chi connectivity index (χ1v) is 7.06. The lowest BCUT2D eigenvalue weighted by Gasteiger charge is -2.14. The highest BCUT2D eigenvalue weighted by atomic mass is 32.1. The Kier molecular flexibility index (Phi) is 3.88. The molecule has 2 heterocycles. The Morgan fingerprint density at radius 1 is 1.44 bits per heavy atom. The van der Waals surface area contributed by atoms with Gasteiger partial charge in [-0.3, -0.25) is 0 Å². The molecule has 0 aliphatic heterocycles.